The van der Waals surface area contributed by atoms with Crippen molar-refractivity contribution < 1.29 is 44.8 Å². The number of fused-ring (bicyclic) bond motifs is 2. The topological polar surface area (TPSA) is 192 Å². The van der Waals surface area contributed by atoms with Crippen molar-refractivity contribution in [2.24, 2.45) is 11.8 Å². The van der Waals surface area contributed by atoms with E-state index in [1.165, 1.54) is 60.9 Å². The highest BCUT2D eigenvalue weighted by molar-refractivity contribution is 7.89. The molecule has 16 nitrogen and oxygen atoms in total. The summed E-state index contributed by atoms with van der Waals surface area (Å²) in [5, 5.41) is 8.06. The number of piperidine rings is 2. The molecule has 2 fully saturated rings. The van der Waals surface area contributed by atoms with Crippen molar-refractivity contribution in [2.75, 3.05) is 76.1 Å². The van der Waals surface area contributed by atoms with Crippen molar-refractivity contribution in [2.45, 2.75) is 48.3 Å². The lowest BCUT2D eigenvalue weighted by molar-refractivity contribution is -0.165. The maximum absolute atomic E-state index is 14.4. The van der Waals surface area contributed by atoms with Crippen LogP contribution in [0.5, 0.6) is 5.88 Å². The molecule has 0 aliphatic carbocycles. The second kappa shape index (κ2) is 24.3. The van der Waals surface area contributed by atoms with E-state index < -0.39 is 32.0 Å². The minimum absolute atomic E-state index is 0.0184. The molecule has 0 unspecified atom stereocenters. The summed E-state index contributed by atoms with van der Waals surface area (Å²) in [5.74, 6) is -2.97. The normalized spacial score (nSPS) is 15.6. The molecule has 0 saturated carbocycles. The molecule has 2 aromatic heterocycles. The summed E-state index contributed by atoms with van der Waals surface area (Å²) in [5.41, 5.74) is 1.70. The van der Waals surface area contributed by atoms with Gasteiger partial charge in [0.1, 0.15) is 11.6 Å². The third kappa shape index (κ3) is 14.0. The summed E-state index contributed by atoms with van der Waals surface area (Å²) in [6, 6.07) is 24.8. The van der Waals surface area contributed by atoms with Crippen molar-refractivity contribution >= 4 is 64.9 Å². The summed E-state index contributed by atoms with van der Waals surface area (Å²) in [6.45, 7) is 6.34. The van der Waals surface area contributed by atoms with Gasteiger partial charge >= 0.3 is 11.9 Å². The zero-order chi connectivity index (χ0) is 50.5. The fourth-order valence-corrected chi connectivity index (χ4v) is 11.9. The number of likely N-dealkylation sites (tertiary alicyclic amines) is 2. The largest absolute Gasteiger partial charge is 0.404 e. The third-order valence-electron chi connectivity index (χ3n) is 13.0. The number of hydrogen-bond acceptors (Lipinski definition) is 14. The molecule has 3 N–H and O–H groups in total. The average Bonchev–Trinajstić information content (AvgIpc) is 3.39. The van der Waals surface area contributed by atoms with Gasteiger partial charge in [0.15, 0.2) is 0 Å². The number of esters is 1. The Morgan fingerprint density at radius 2 is 1.24 bits per heavy atom. The highest BCUT2D eigenvalue weighted by Crippen LogP contribution is 2.31. The van der Waals surface area contributed by atoms with E-state index in [1.54, 1.807) is 54.7 Å². The number of nitrogens with zero attached hydrogens (tertiary/aromatic N) is 5. The summed E-state index contributed by atoms with van der Waals surface area (Å²) in [4.78, 5) is 45.0. The third-order valence-corrected chi connectivity index (χ3v) is 16.1. The number of nitrogens with one attached hydrogen (secondary N) is 3. The first-order chi connectivity index (χ1) is 34.8. The molecular weight excluding hydrogens is 967 g/mol. The van der Waals surface area contributed by atoms with Crippen molar-refractivity contribution in [1.29, 1.82) is 0 Å². The van der Waals surface area contributed by atoms with Gasteiger partial charge in [0.25, 0.3) is 10.0 Å². The van der Waals surface area contributed by atoms with Crippen molar-refractivity contribution in [1.82, 2.24) is 29.0 Å². The molecule has 6 aromatic rings. The number of rotatable bonds is 22. The number of carbonyl (C=O) groups is 2. The standard InChI is InChI=1S/C52H58F2N8O8S2/c53-41-9-13-43(14-10-41)56-25-3-29-60-31-21-38(22-32-60)35-59-71(65,66)48-7-2-6-47-46(48)20-28-58-52(47)69-50(63)17-18-51(64)70-62(72(67,68)49-8-1-5-40-36-55-27-19-45(40)49)37-39-23-33-61(34-24-39)30-4-26-57-44-15-11-42(54)12-16-44/h1-2,5-20,27-28,36,38-39,56-57,59H,3-4,21-26,29-35,37H2/b18-17+. The van der Waals surface area contributed by atoms with Gasteiger partial charge < -0.3 is 30.0 Å². The van der Waals surface area contributed by atoms with Crippen LogP contribution in [0.25, 0.3) is 21.5 Å². The van der Waals surface area contributed by atoms with Crippen LogP contribution in [0.2, 0.25) is 0 Å². The number of carbonyl (C=O) groups excluding carboxylic acids is 2. The number of pyridine rings is 2. The molecule has 4 aromatic carbocycles. The van der Waals surface area contributed by atoms with Gasteiger partial charge in [-0.25, -0.2) is 44.9 Å². The van der Waals surface area contributed by atoms with Crippen LogP contribution >= 0.6 is 0 Å². The van der Waals surface area contributed by atoms with Crippen LogP contribution in [0.4, 0.5) is 20.2 Å². The van der Waals surface area contributed by atoms with E-state index in [-0.39, 0.29) is 63.0 Å². The number of benzene rings is 4. The zero-order valence-corrected chi connectivity index (χ0v) is 41.3. The lowest BCUT2D eigenvalue weighted by atomic mass is 9.97. The molecule has 0 amide bonds. The van der Waals surface area contributed by atoms with Gasteiger partial charge in [0.2, 0.25) is 15.9 Å². The first kappa shape index (κ1) is 51.9. The molecule has 0 bridgehead atoms. The smallest absolute Gasteiger partial charge is 0.350 e. The minimum atomic E-state index is -4.44. The number of halogens is 2. The Bertz CT molecular complexity index is 3060. The van der Waals surface area contributed by atoms with E-state index >= 15 is 0 Å². The first-order valence-corrected chi connectivity index (χ1v) is 27.0. The molecular formula is C52H58F2N8O8S2. The molecule has 8 rings (SSSR count). The van der Waals surface area contributed by atoms with Gasteiger partial charge in [-0.1, -0.05) is 18.2 Å². The second-order valence-corrected chi connectivity index (χ2v) is 21.5. The van der Waals surface area contributed by atoms with E-state index in [9.17, 15) is 35.2 Å². The lowest BCUT2D eigenvalue weighted by Crippen LogP contribution is -2.42. The predicted molar refractivity (Wildman–Crippen MR) is 271 cm³/mol. The maximum Gasteiger partial charge on any atom is 0.350 e. The highest BCUT2D eigenvalue weighted by atomic mass is 32.2. The fraction of sp³-hybridized carbons (Fsp3) is 0.346. The van der Waals surface area contributed by atoms with Crippen molar-refractivity contribution in [3.63, 3.8) is 0 Å². The summed E-state index contributed by atoms with van der Waals surface area (Å²) in [7, 11) is -8.45. The molecule has 72 heavy (non-hydrogen) atoms. The van der Waals surface area contributed by atoms with Gasteiger partial charge in [-0.05, 0) is 173 Å². The molecule has 0 spiro atoms. The van der Waals surface area contributed by atoms with Crippen molar-refractivity contribution in [3.8, 4) is 5.88 Å². The molecule has 20 heteroatoms. The van der Waals surface area contributed by atoms with Crippen LogP contribution in [-0.4, -0.2) is 118 Å². The highest BCUT2D eigenvalue weighted by Gasteiger charge is 2.34. The Kier molecular flexibility index (Phi) is 17.5. The van der Waals surface area contributed by atoms with E-state index in [4.69, 9.17) is 9.57 Å². The fourth-order valence-electron chi connectivity index (χ4n) is 9.00. The van der Waals surface area contributed by atoms with E-state index in [0.29, 0.717) is 47.7 Å². The zero-order valence-electron chi connectivity index (χ0n) is 39.7. The Balaban J connectivity index is 0.852. The summed E-state index contributed by atoms with van der Waals surface area (Å²) in [6.07, 6.45) is 10.6. The van der Waals surface area contributed by atoms with Crippen LogP contribution in [0, 0.1) is 23.5 Å². The van der Waals surface area contributed by atoms with Gasteiger partial charge in [0, 0.05) is 83.3 Å². The van der Waals surface area contributed by atoms with Crippen LogP contribution in [-0.2, 0) is 34.5 Å². The molecule has 2 aliphatic rings. The number of aromatic nitrogens is 2. The molecule has 2 saturated heterocycles. The predicted octanol–water partition coefficient (Wildman–Crippen LogP) is 7.38. The van der Waals surface area contributed by atoms with Crippen molar-refractivity contribution in [3.05, 3.63) is 139 Å². The molecule has 4 heterocycles. The molecule has 2 aliphatic heterocycles. The van der Waals surface area contributed by atoms with E-state index in [1.807, 2.05) is 0 Å². The second-order valence-electron chi connectivity index (χ2n) is 18.0. The average molecular weight is 1030 g/mol. The summed E-state index contributed by atoms with van der Waals surface area (Å²) < 4.78 is 91.6. The lowest BCUT2D eigenvalue weighted by Gasteiger charge is -2.33. The summed E-state index contributed by atoms with van der Waals surface area (Å²) >= 11 is 0. The molecule has 380 valence electrons. The van der Waals surface area contributed by atoms with Crippen LogP contribution < -0.4 is 20.1 Å². The van der Waals surface area contributed by atoms with E-state index in [2.05, 4.69) is 35.1 Å². The van der Waals surface area contributed by atoms with E-state index in [0.717, 1.165) is 81.9 Å². The first-order valence-electron chi connectivity index (χ1n) is 24.1. The Morgan fingerprint density at radius 1 is 0.667 bits per heavy atom. The number of sulfonamides is 2. The van der Waals surface area contributed by atoms with Crippen LogP contribution in [0.15, 0.2) is 138 Å². The minimum Gasteiger partial charge on any atom is -0.404 e. The number of anilines is 2. The van der Waals surface area contributed by atoms with Gasteiger partial charge in [-0.3, -0.25) is 4.98 Å². The van der Waals surface area contributed by atoms with Gasteiger partial charge in [-0.15, -0.1) is 0 Å². The molecule has 0 radical (unpaired) electrons. The number of hydrogen-bond donors (Lipinski definition) is 3. The van der Waals surface area contributed by atoms with Gasteiger partial charge in [-0.2, -0.15) is 0 Å². The Hall–Kier alpha value is -6.42. The quantitative estimate of drug-likeness (QED) is 0.0264. The number of ether oxygens (including phenoxy) is 1. The van der Waals surface area contributed by atoms with Crippen LogP contribution in [0.3, 0.4) is 0 Å². The Morgan fingerprint density at radius 3 is 1.88 bits per heavy atom. The monoisotopic (exact) mass is 1020 g/mol. The molecule has 0 atom stereocenters. The van der Waals surface area contributed by atoms with Crippen LogP contribution in [0.1, 0.15) is 38.5 Å². The maximum atomic E-state index is 14.4. The number of hydroxylamine groups is 1. The Labute approximate surface area is 418 Å². The SMILES string of the molecule is O=C(/C=C/C(=O)ON(CC1CCN(CCCNc2ccc(F)cc2)CC1)S(=O)(=O)c1cccc2cnccc12)Oc1nccc2c(S(=O)(=O)NCC3CCN(CCCNc4ccc(F)cc4)CC3)cccc12. The van der Waals surface area contributed by atoms with Gasteiger partial charge in [0.05, 0.1) is 16.3 Å².